The molecule has 0 unspecified atom stereocenters. The van der Waals surface area contributed by atoms with E-state index in [0.29, 0.717) is 11.6 Å². The van der Waals surface area contributed by atoms with E-state index in [1.54, 1.807) is 17.3 Å². The predicted molar refractivity (Wildman–Crippen MR) is 107 cm³/mol. The van der Waals surface area contributed by atoms with Gasteiger partial charge < -0.3 is 9.30 Å². The second kappa shape index (κ2) is 7.63. The van der Waals surface area contributed by atoms with Gasteiger partial charge in [0.05, 0.1) is 12.8 Å². The van der Waals surface area contributed by atoms with Crippen molar-refractivity contribution in [3.63, 3.8) is 0 Å². The van der Waals surface area contributed by atoms with Gasteiger partial charge in [-0.25, -0.2) is 4.68 Å². The Labute approximate surface area is 161 Å². The van der Waals surface area contributed by atoms with Crippen LogP contribution in [0.15, 0.2) is 66.4 Å². The number of hydrogen-bond donors (Lipinski definition) is 0. The molecule has 7 heteroatoms. The van der Waals surface area contributed by atoms with Crippen molar-refractivity contribution in [2.45, 2.75) is 13.5 Å². The fraction of sp³-hybridized carbons (Fsp3) is 0.150. The molecule has 0 aliphatic rings. The highest BCUT2D eigenvalue weighted by molar-refractivity contribution is 6.30. The molecule has 2 aromatic carbocycles. The third-order valence-electron chi connectivity index (χ3n) is 4.28. The number of para-hydroxylation sites is 1. The first-order chi connectivity index (χ1) is 13.2. The highest BCUT2D eigenvalue weighted by Gasteiger charge is 2.07. The number of ether oxygens (including phenoxy) is 1. The molecule has 2 heterocycles. The molecule has 136 valence electrons. The van der Waals surface area contributed by atoms with Gasteiger partial charge in [-0.3, -0.25) is 0 Å². The molecule has 0 fully saturated rings. The third kappa shape index (κ3) is 3.85. The number of hydrogen-bond acceptors (Lipinski definition) is 4. The third-order valence-corrected chi connectivity index (χ3v) is 4.52. The van der Waals surface area contributed by atoms with Crippen LogP contribution in [-0.2, 0) is 6.54 Å². The van der Waals surface area contributed by atoms with Gasteiger partial charge in [-0.1, -0.05) is 29.8 Å². The smallest absolute Gasteiger partial charge is 0.141 e. The van der Waals surface area contributed by atoms with E-state index in [0.717, 1.165) is 34.3 Å². The lowest BCUT2D eigenvalue weighted by Gasteiger charge is -2.10. The van der Waals surface area contributed by atoms with E-state index in [2.05, 4.69) is 38.2 Å². The van der Waals surface area contributed by atoms with E-state index >= 15 is 0 Å². The maximum atomic E-state index is 6.00. The Kier molecular flexibility index (Phi) is 4.89. The van der Waals surface area contributed by atoms with Crippen molar-refractivity contribution in [2.24, 2.45) is 5.10 Å². The Bertz CT molecular complexity index is 1090. The molecule has 0 radical (unpaired) electrons. The summed E-state index contributed by atoms with van der Waals surface area (Å²) in [5.74, 6) is 0.852. The average molecular weight is 380 g/mol. The summed E-state index contributed by atoms with van der Waals surface area (Å²) in [6.45, 7) is 3.28. The quantitative estimate of drug-likeness (QED) is 0.473. The van der Waals surface area contributed by atoms with Crippen LogP contribution in [0.1, 0.15) is 11.1 Å². The van der Waals surface area contributed by atoms with Crippen LogP contribution in [0.25, 0.3) is 10.9 Å². The lowest BCUT2D eigenvalue weighted by Crippen LogP contribution is -2.07. The number of rotatable bonds is 6. The normalized spacial score (nSPS) is 11.5. The number of halogens is 1. The summed E-state index contributed by atoms with van der Waals surface area (Å²) in [5.41, 5.74) is 3.20. The number of aromatic nitrogens is 4. The molecule has 0 N–H and O–H groups in total. The molecule has 0 saturated carbocycles. The highest BCUT2D eigenvalue weighted by Crippen LogP contribution is 2.23. The second-order valence-corrected chi connectivity index (χ2v) is 6.58. The van der Waals surface area contributed by atoms with E-state index in [1.165, 1.54) is 0 Å². The summed E-state index contributed by atoms with van der Waals surface area (Å²) in [7, 11) is 0. The summed E-state index contributed by atoms with van der Waals surface area (Å²) in [4.78, 5) is 0. The lowest BCUT2D eigenvalue weighted by molar-refractivity contribution is 0.298. The molecule has 0 saturated heterocycles. The largest absolute Gasteiger partial charge is 0.491 e. The molecule has 0 bridgehead atoms. The van der Waals surface area contributed by atoms with Crippen molar-refractivity contribution in [3.8, 4) is 5.75 Å². The Hall–Kier alpha value is -3.12. The molecule has 0 spiro atoms. The standard InChI is InChI=1S/C20H18ClN5O/c1-15-10-17(21)6-7-20(15)27-9-8-25-12-16(11-24-26-13-22-23-14-26)18-4-2-3-5-19(18)25/h2-7,10-14H,8-9H2,1H3. The van der Waals surface area contributed by atoms with Crippen molar-refractivity contribution in [3.05, 3.63) is 77.5 Å². The van der Waals surface area contributed by atoms with Crippen LogP contribution in [0.3, 0.4) is 0 Å². The molecule has 6 nitrogen and oxygen atoms in total. The second-order valence-electron chi connectivity index (χ2n) is 6.14. The minimum atomic E-state index is 0.559. The fourth-order valence-corrected chi connectivity index (χ4v) is 3.20. The van der Waals surface area contributed by atoms with Crippen molar-refractivity contribution in [1.29, 1.82) is 0 Å². The molecule has 0 aliphatic heterocycles. The zero-order valence-corrected chi connectivity index (χ0v) is 15.5. The Balaban J connectivity index is 1.53. The van der Waals surface area contributed by atoms with E-state index in [4.69, 9.17) is 16.3 Å². The summed E-state index contributed by atoms with van der Waals surface area (Å²) in [6.07, 6.45) is 7.00. The van der Waals surface area contributed by atoms with Crippen LogP contribution in [0, 0.1) is 6.92 Å². The van der Waals surface area contributed by atoms with Crippen molar-refractivity contribution < 1.29 is 4.74 Å². The SMILES string of the molecule is Cc1cc(Cl)ccc1OCCn1cc(C=Nn2cnnc2)c2ccccc21. The molecule has 4 aromatic rings. The minimum Gasteiger partial charge on any atom is -0.491 e. The van der Waals surface area contributed by atoms with E-state index in [-0.39, 0.29) is 0 Å². The fourth-order valence-electron chi connectivity index (χ4n) is 2.98. The topological polar surface area (TPSA) is 57.2 Å². The molecule has 2 aromatic heterocycles. The van der Waals surface area contributed by atoms with Gasteiger partial charge >= 0.3 is 0 Å². The zero-order valence-electron chi connectivity index (χ0n) is 14.8. The summed E-state index contributed by atoms with van der Waals surface area (Å²) in [6, 6.07) is 13.9. The van der Waals surface area contributed by atoms with E-state index < -0.39 is 0 Å². The zero-order chi connectivity index (χ0) is 18.6. The number of fused-ring (bicyclic) bond motifs is 1. The van der Waals surface area contributed by atoms with Crippen LogP contribution in [-0.4, -0.2) is 32.3 Å². The molecule has 4 rings (SSSR count). The van der Waals surface area contributed by atoms with Gasteiger partial charge in [0.2, 0.25) is 0 Å². The minimum absolute atomic E-state index is 0.559. The van der Waals surface area contributed by atoms with Crippen LogP contribution in [0.4, 0.5) is 0 Å². The first-order valence-corrected chi connectivity index (χ1v) is 8.94. The van der Waals surface area contributed by atoms with Gasteiger partial charge in [-0.2, -0.15) is 5.10 Å². The predicted octanol–water partition coefficient (Wildman–Crippen LogP) is 4.16. The number of benzene rings is 2. The summed E-state index contributed by atoms with van der Waals surface area (Å²) in [5, 5.41) is 13.7. The first-order valence-electron chi connectivity index (χ1n) is 8.56. The van der Waals surface area contributed by atoms with Crippen LogP contribution >= 0.6 is 11.6 Å². The molecule has 0 atom stereocenters. The maximum absolute atomic E-state index is 6.00. The van der Waals surface area contributed by atoms with Gasteiger partial charge in [-0.05, 0) is 36.8 Å². The van der Waals surface area contributed by atoms with Crippen molar-refractivity contribution in [2.75, 3.05) is 6.61 Å². The average Bonchev–Trinajstić information content (AvgIpc) is 3.30. The Morgan fingerprint density at radius 3 is 2.78 bits per heavy atom. The van der Waals surface area contributed by atoms with Gasteiger partial charge in [0.25, 0.3) is 0 Å². The molecule has 0 aliphatic carbocycles. The monoisotopic (exact) mass is 379 g/mol. The van der Waals surface area contributed by atoms with Crippen LogP contribution < -0.4 is 4.74 Å². The lowest BCUT2D eigenvalue weighted by atomic mass is 10.2. The van der Waals surface area contributed by atoms with Gasteiger partial charge in [-0.15, -0.1) is 10.2 Å². The van der Waals surface area contributed by atoms with Gasteiger partial charge in [0.15, 0.2) is 0 Å². The number of nitrogens with zero attached hydrogens (tertiary/aromatic N) is 5. The van der Waals surface area contributed by atoms with Gasteiger partial charge in [0.1, 0.15) is 25.0 Å². The highest BCUT2D eigenvalue weighted by atomic mass is 35.5. The molecular weight excluding hydrogens is 362 g/mol. The van der Waals surface area contributed by atoms with Crippen LogP contribution in [0.5, 0.6) is 5.75 Å². The Morgan fingerprint density at radius 2 is 1.96 bits per heavy atom. The summed E-state index contributed by atoms with van der Waals surface area (Å²) >= 11 is 6.00. The maximum Gasteiger partial charge on any atom is 0.141 e. The Morgan fingerprint density at radius 1 is 1.15 bits per heavy atom. The van der Waals surface area contributed by atoms with Crippen molar-refractivity contribution >= 4 is 28.7 Å². The number of aryl methyl sites for hydroxylation is 1. The van der Waals surface area contributed by atoms with Crippen molar-refractivity contribution in [1.82, 2.24) is 19.4 Å². The van der Waals surface area contributed by atoms with E-state index in [1.807, 2.05) is 43.5 Å². The molecule has 0 amide bonds. The van der Waals surface area contributed by atoms with Gasteiger partial charge in [0, 0.05) is 27.7 Å². The first kappa shape index (κ1) is 17.3. The molecule has 27 heavy (non-hydrogen) atoms. The molecular formula is C20H18ClN5O. The van der Waals surface area contributed by atoms with E-state index in [9.17, 15) is 0 Å². The van der Waals surface area contributed by atoms with Crippen LogP contribution in [0.2, 0.25) is 5.02 Å². The summed E-state index contributed by atoms with van der Waals surface area (Å²) < 4.78 is 9.68.